The van der Waals surface area contributed by atoms with Crippen molar-refractivity contribution in [2.24, 2.45) is 0 Å². The van der Waals surface area contributed by atoms with E-state index in [-0.39, 0.29) is 22.9 Å². The van der Waals surface area contributed by atoms with Crippen LogP contribution in [0.5, 0.6) is 5.75 Å². The number of anilines is 2. The van der Waals surface area contributed by atoms with Gasteiger partial charge in [-0.05, 0) is 55.8 Å². The van der Waals surface area contributed by atoms with E-state index in [0.717, 1.165) is 11.1 Å². The van der Waals surface area contributed by atoms with E-state index in [1.165, 1.54) is 34.6 Å². The summed E-state index contributed by atoms with van der Waals surface area (Å²) in [5.74, 6) is -0.964. The van der Waals surface area contributed by atoms with Crippen LogP contribution in [0, 0.1) is 19.7 Å². The highest BCUT2D eigenvalue weighted by Crippen LogP contribution is 2.38. The second-order valence-corrected chi connectivity index (χ2v) is 9.26. The number of amides is 1. The number of rotatable bonds is 4. The van der Waals surface area contributed by atoms with Crippen LogP contribution in [0.4, 0.5) is 15.8 Å². The highest BCUT2D eigenvalue weighted by atomic mass is 32.2. The molecule has 0 aromatic heterocycles. The van der Waals surface area contributed by atoms with Gasteiger partial charge in [0.2, 0.25) is 0 Å². The van der Waals surface area contributed by atoms with E-state index in [4.69, 9.17) is 4.74 Å². The summed E-state index contributed by atoms with van der Waals surface area (Å²) < 4.78 is 47.8. The Morgan fingerprint density at radius 3 is 2.42 bits per heavy atom. The highest BCUT2D eigenvalue weighted by molar-refractivity contribution is 7.92. The smallest absolute Gasteiger partial charge is 0.267 e. The first-order valence-corrected chi connectivity index (χ1v) is 11.1. The van der Waals surface area contributed by atoms with Crippen LogP contribution in [0.2, 0.25) is 0 Å². The van der Waals surface area contributed by atoms with E-state index >= 15 is 0 Å². The van der Waals surface area contributed by atoms with Crippen molar-refractivity contribution in [2.75, 3.05) is 16.2 Å². The van der Waals surface area contributed by atoms with Gasteiger partial charge in [-0.2, -0.15) is 0 Å². The first kappa shape index (κ1) is 20.9. The molecule has 1 heterocycles. The zero-order chi connectivity index (χ0) is 22.2. The van der Waals surface area contributed by atoms with Crippen molar-refractivity contribution in [3.05, 3.63) is 83.7 Å². The molecule has 8 heteroatoms. The standard InChI is InChI=1S/C23H21FN2O4S/c1-15-7-10-17(11-8-15)31(28,29)26-14-22(30-21-12-9-16(2)13-20(21)26)23(27)25-19-6-4-3-5-18(19)24/h3-13,22H,14H2,1-2H3,(H,25,27)/t22-/m1/s1. The maximum absolute atomic E-state index is 14.0. The third-order valence-corrected chi connectivity index (χ3v) is 6.81. The second-order valence-electron chi connectivity index (χ2n) is 7.40. The van der Waals surface area contributed by atoms with Gasteiger partial charge in [0.05, 0.1) is 22.8 Å². The minimum absolute atomic E-state index is 0.00116. The molecule has 0 spiro atoms. The van der Waals surface area contributed by atoms with Crippen LogP contribution >= 0.6 is 0 Å². The van der Waals surface area contributed by atoms with Crippen LogP contribution < -0.4 is 14.4 Å². The van der Waals surface area contributed by atoms with Gasteiger partial charge < -0.3 is 10.1 Å². The number of ether oxygens (including phenoxy) is 1. The Labute approximate surface area is 180 Å². The van der Waals surface area contributed by atoms with Crippen LogP contribution in [0.3, 0.4) is 0 Å². The van der Waals surface area contributed by atoms with Crippen LogP contribution in [0.25, 0.3) is 0 Å². The number of fused-ring (bicyclic) bond motifs is 1. The zero-order valence-corrected chi connectivity index (χ0v) is 17.8. The molecule has 0 fully saturated rings. The average molecular weight is 440 g/mol. The molecule has 1 N–H and O–H groups in total. The van der Waals surface area contributed by atoms with Gasteiger partial charge in [-0.25, -0.2) is 12.8 Å². The van der Waals surface area contributed by atoms with E-state index in [1.807, 2.05) is 13.8 Å². The summed E-state index contributed by atoms with van der Waals surface area (Å²) in [6, 6.07) is 17.3. The summed E-state index contributed by atoms with van der Waals surface area (Å²) in [6.45, 7) is 3.47. The number of carbonyl (C=O) groups is 1. The summed E-state index contributed by atoms with van der Waals surface area (Å²) in [5.41, 5.74) is 2.13. The molecule has 6 nitrogen and oxygen atoms in total. The van der Waals surface area contributed by atoms with Crippen LogP contribution in [-0.4, -0.2) is 27.0 Å². The van der Waals surface area contributed by atoms with Gasteiger partial charge in [-0.1, -0.05) is 35.9 Å². The predicted molar refractivity (Wildman–Crippen MR) is 116 cm³/mol. The van der Waals surface area contributed by atoms with Gasteiger partial charge >= 0.3 is 0 Å². The van der Waals surface area contributed by atoms with Crippen molar-refractivity contribution >= 4 is 27.3 Å². The second kappa shape index (κ2) is 8.03. The minimum atomic E-state index is -3.96. The number of hydrogen-bond donors (Lipinski definition) is 1. The van der Waals surface area contributed by atoms with E-state index in [0.29, 0.717) is 5.69 Å². The van der Waals surface area contributed by atoms with Crippen LogP contribution in [-0.2, 0) is 14.8 Å². The normalized spacial score (nSPS) is 15.7. The first-order valence-electron chi connectivity index (χ1n) is 9.68. The Morgan fingerprint density at radius 2 is 1.71 bits per heavy atom. The quantitative estimate of drug-likeness (QED) is 0.665. The largest absolute Gasteiger partial charge is 0.476 e. The number of benzene rings is 3. The molecule has 0 unspecified atom stereocenters. The molecule has 1 aliphatic heterocycles. The summed E-state index contributed by atoms with van der Waals surface area (Å²) in [5, 5.41) is 2.48. The number of halogens is 1. The maximum atomic E-state index is 14.0. The molecule has 160 valence electrons. The Balaban J connectivity index is 1.71. The Morgan fingerprint density at radius 1 is 1.03 bits per heavy atom. The molecule has 4 rings (SSSR count). The van der Waals surface area contributed by atoms with Gasteiger partial charge in [0.25, 0.3) is 15.9 Å². The lowest BCUT2D eigenvalue weighted by molar-refractivity contribution is -0.122. The van der Waals surface area contributed by atoms with E-state index in [1.54, 1.807) is 36.4 Å². The summed E-state index contributed by atoms with van der Waals surface area (Å²) >= 11 is 0. The lowest BCUT2D eigenvalue weighted by Crippen LogP contribution is -2.49. The fourth-order valence-corrected chi connectivity index (χ4v) is 4.81. The SMILES string of the molecule is Cc1ccc(S(=O)(=O)N2C[C@H](C(=O)Nc3ccccc3F)Oc3ccc(C)cc32)cc1. The van der Waals surface area contributed by atoms with Crippen molar-refractivity contribution in [3.8, 4) is 5.75 Å². The molecule has 3 aromatic rings. The Hall–Kier alpha value is -3.39. The molecule has 0 bridgehead atoms. The van der Waals surface area contributed by atoms with Crippen LogP contribution in [0.1, 0.15) is 11.1 Å². The molecule has 1 atom stereocenters. The third kappa shape index (κ3) is 4.11. The molecule has 1 amide bonds. The first-order chi connectivity index (χ1) is 14.8. The summed E-state index contributed by atoms with van der Waals surface area (Å²) in [4.78, 5) is 12.9. The number of sulfonamides is 1. The molecule has 0 radical (unpaired) electrons. The third-order valence-electron chi connectivity index (χ3n) is 5.02. The number of nitrogens with one attached hydrogen (secondary N) is 1. The van der Waals surface area contributed by atoms with Gasteiger partial charge in [0.15, 0.2) is 6.10 Å². The van der Waals surface area contributed by atoms with Crippen LogP contribution in [0.15, 0.2) is 71.6 Å². The van der Waals surface area contributed by atoms with Crippen molar-refractivity contribution in [1.82, 2.24) is 0 Å². The van der Waals surface area contributed by atoms with Gasteiger partial charge in [0, 0.05) is 0 Å². The topological polar surface area (TPSA) is 75.7 Å². The van der Waals surface area contributed by atoms with Gasteiger partial charge in [0.1, 0.15) is 11.6 Å². The molecule has 3 aromatic carbocycles. The fraction of sp³-hybridized carbons (Fsp3) is 0.174. The van der Waals surface area contributed by atoms with Crippen molar-refractivity contribution in [2.45, 2.75) is 24.8 Å². The Kier molecular flexibility index (Phi) is 5.41. The van der Waals surface area contributed by atoms with E-state index in [9.17, 15) is 17.6 Å². The maximum Gasteiger partial charge on any atom is 0.267 e. The number of aryl methyl sites for hydroxylation is 2. The predicted octanol–water partition coefficient (Wildman–Crippen LogP) is 4.04. The molecular weight excluding hydrogens is 419 g/mol. The van der Waals surface area contributed by atoms with Crippen molar-refractivity contribution < 1.29 is 22.3 Å². The Bertz CT molecular complexity index is 1240. The molecule has 0 aliphatic carbocycles. The highest BCUT2D eigenvalue weighted by Gasteiger charge is 2.37. The van der Waals surface area contributed by atoms with Crippen molar-refractivity contribution in [3.63, 3.8) is 0 Å². The van der Waals surface area contributed by atoms with Crippen molar-refractivity contribution in [1.29, 1.82) is 0 Å². The lowest BCUT2D eigenvalue weighted by Gasteiger charge is -2.35. The zero-order valence-electron chi connectivity index (χ0n) is 17.0. The average Bonchev–Trinajstić information content (AvgIpc) is 2.74. The lowest BCUT2D eigenvalue weighted by atomic mass is 10.1. The van der Waals surface area contributed by atoms with E-state index < -0.39 is 27.9 Å². The minimum Gasteiger partial charge on any atom is -0.476 e. The van der Waals surface area contributed by atoms with Gasteiger partial charge in [-0.3, -0.25) is 9.10 Å². The molecule has 31 heavy (non-hydrogen) atoms. The molecule has 0 saturated carbocycles. The summed E-state index contributed by atoms with van der Waals surface area (Å²) in [7, 11) is -3.96. The van der Waals surface area contributed by atoms with E-state index in [2.05, 4.69) is 5.32 Å². The molecular formula is C23H21FN2O4S. The summed E-state index contributed by atoms with van der Waals surface area (Å²) in [6.07, 6.45) is -1.16. The molecule has 0 saturated heterocycles. The number of hydrogen-bond acceptors (Lipinski definition) is 4. The van der Waals surface area contributed by atoms with Gasteiger partial charge in [-0.15, -0.1) is 0 Å². The fourth-order valence-electron chi connectivity index (χ4n) is 3.34. The number of carbonyl (C=O) groups excluding carboxylic acids is 1. The molecule has 1 aliphatic rings. The number of nitrogens with zero attached hydrogens (tertiary/aromatic N) is 1. The number of para-hydroxylation sites is 1. The monoisotopic (exact) mass is 440 g/mol.